The molecular weight excluding hydrogens is 607 g/mol. The van der Waals surface area contributed by atoms with E-state index in [0.29, 0.717) is 0 Å². The first-order valence-corrected chi connectivity index (χ1v) is 17.1. The van der Waals surface area contributed by atoms with Crippen LogP contribution >= 0.6 is 0 Å². The Balaban J connectivity index is 1.31. The predicted octanol–water partition coefficient (Wildman–Crippen LogP) is 13.8. The van der Waals surface area contributed by atoms with Crippen LogP contribution < -0.4 is 4.90 Å². The summed E-state index contributed by atoms with van der Waals surface area (Å²) in [5.74, 6) is 0. The Hall–Kier alpha value is -6.64. The number of hydrogen-bond acceptors (Lipinski definition) is 2. The van der Waals surface area contributed by atoms with Crippen LogP contribution in [0.4, 0.5) is 17.1 Å². The van der Waals surface area contributed by atoms with Gasteiger partial charge in [0.2, 0.25) is 0 Å². The minimum atomic E-state index is 0.865. The molecule has 0 saturated heterocycles. The van der Waals surface area contributed by atoms with Gasteiger partial charge in [-0.1, -0.05) is 164 Å². The van der Waals surface area contributed by atoms with Gasteiger partial charge >= 0.3 is 0 Å². The highest BCUT2D eigenvalue weighted by atomic mass is 16.3. The Kier molecular flexibility index (Phi) is 6.53. The number of fused-ring (bicyclic) bond motifs is 7. The van der Waals surface area contributed by atoms with E-state index in [1.807, 2.05) is 0 Å². The van der Waals surface area contributed by atoms with Crippen LogP contribution in [0.3, 0.4) is 0 Å². The zero-order valence-electron chi connectivity index (χ0n) is 27.3. The summed E-state index contributed by atoms with van der Waals surface area (Å²) < 4.78 is 6.88. The van der Waals surface area contributed by atoms with Crippen molar-refractivity contribution in [2.24, 2.45) is 0 Å². The van der Waals surface area contributed by atoms with E-state index in [-0.39, 0.29) is 0 Å². The third kappa shape index (κ3) is 4.43. The van der Waals surface area contributed by atoms with Crippen molar-refractivity contribution in [3.05, 3.63) is 188 Å². The molecule has 0 saturated carbocycles. The normalized spacial score (nSPS) is 11.6. The molecule has 0 amide bonds. The number of anilines is 3. The molecule has 0 unspecified atom stereocenters. The zero-order valence-corrected chi connectivity index (χ0v) is 27.3. The van der Waals surface area contributed by atoms with Crippen LogP contribution in [0.25, 0.3) is 76.5 Å². The molecule has 1 heterocycles. The topological polar surface area (TPSA) is 16.4 Å². The van der Waals surface area contributed by atoms with Crippen molar-refractivity contribution in [1.82, 2.24) is 0 Å². The van der Waals surface area contributed by atoms with Gasteiger partial charge in [-0.25, -0.2) is 0 Å². The molecule has 50 heavy (non-hydrogen) atoms. The second-order valence-corrected chi connectivity index (χ2v) is 12.8. The zero-order chi connectivity index (χ0) is 33.0. The van der Waals surface area contributed by atoms with Gasteiger partial charge in [0.15, 0.2) is 5.58 Å². The minimum Gasteiger partial charge on any atom is -0.454 e. The van der Waals surface area contributed by atoms with Crippen molar-refractivity contribution in [1.29, 1.82) is 0 Å². The van der Waals surface area contributed by atoms with Crippen LogP contribution in [0, 0.1) is 0 Å². The minimum absolute atomic E-state index is 0.865. The van der Waals surface area contributed by atoms with Crippen LogP contribution in [-0.4, -0.2) is 0 Å². The Labute approximate surface area is 290 Å². The van der Waals surface area contributed by atoms with Gasteiger partial charge in [-0.05, 0) is 67.9 Å². The molecule has 0 fully saturated rings. The van der Waals surface area contributed by atoms with E-state index in [4.69, 9.17) is 4.42 Å². The average Bonchev–Trinajstić information content (AvgIpc) is 3.58. The van der Waals surface area contributed by atoms with Gasteiger partial charge in [-0.3, -0.25) is 0 Å². The summed E-state index contributed by atoms with van der Waals surface area (Å²) in [7, 11) is 0. The number of para-hydroxylation sites is 2. The van der Waals surface area contributed by atoms with E-state index >= 15 is 0 Å². The van der Waals surface area contributed by atoms with Crippen molar-refractivity contribution < 1.29 is 4.42 Å². The average molecular weight is 638 g/mol. The second kappa shape index (κ2) is 11.5. The lowest BCUT2D eigenvalue weighted by atomic mass is 9.90. The molecule has 0 radical (unpaired) electrons. The highest BCUT2D eigenvalue weighted by Gasteiger charge is 2.24. The summed E-state index contributed by atoms with van der Waals surface area (Å²) in [4.78, 5) is 2.41. The maximum atomic E-state index is 6.88. The van der Waals surface area contributed by atoms with Crippen molar-refractivity contribution in [3.8, 4) is 22.3 Å². The lowest BCUT2D eigenvalue weighted by Gasteiger charge is -2.29. The molecular formula is C48H31NO. The molecule has 0 aliphatic heterocycles. The fourth-order valence-corrected chi connectivity index (χ4v) is 7.84. The fraction of sp³-hybridized carbons (Fsp3) is 0. The van der Waals surface area contributed by atoms with E-state index in [0.717, 1.165) is 44.6 Å². The molecule has 0 N–H and O–H groups in total. The first-order valence-electron chi connectivity index (χ1n) is 17.1. The maximum Gasteiger partial charge on any atom is 0.159 e. The summed E-state index contributed by atoms with van der Waals surface area (Å²) in [6, 6.07) is 67.4. The Bertz CT molecular complexity index is 2870. The molecule has 0 aliphatic carbocycles. The molecule has 234 valence electrons. The lowest BCUT2D eigenvalue weighted by molar-refractivity contribution is 0.669. The van der Waals surface area contributed by atoms with Crippen LogP contribution in [0.2, 0.25) is 0 Å². The molecule has 0 aliphatic rings. The highest BCUT2D eigenvalue weighted by Crippen LogP contribution is 2.49. The highest BCUT2D eigenvalue weighted by molar-refractivity contribution is 6.21. The van der Waals surface area contributed by atoms with Crippen molar-refractivity contribution >= 4 is 71.3 Å². The van der Waals surface area contributed by atoms with Crippen LogP contribution in [0.15, 0.2) is 192 Å². The molecule has 2 heteroatoms. The first kappa shape index (κ1) is 28.4. The largest absolute Gasteiger partial charge is 0.454 e. The van der Waals surface area contributed by atoms with Crippen LogP contribution in [0.5, 0.6) is 0 Å². The predicted molar refractivity (Wildman–Crippen MR) is 212 cm³/mol. The van der Waals surface area contributed by atoms with E-state index in [1.54, 1.807) is 0 Å². The third-order valence-electron chi connectivity index (χ3n) is 10.0. The van der Waals surface area contributed by atoms with E-state index in [1.165, 1.54) is 49.0 Å². The molecule has 1 aromatic heterocycles. The molecule has 0 bridgehead atoms. The summed E-state index contributed by atoms with van der Waals surface area (Å²) in [6.45, 7) is 0. The summed E-state index contributed by atoms with van der Waals surface area (Å²) in [6.07, 6.45) is 0. The number of hydrogen-bond donors (Lipinski definition) is 0. The van der Waals surface area contributed by atoms with Gasteiger partial charge in [0.1, 0.15) is 5.58 Å². The van der Waals surface area contributed by atoms with Gasteiger partial charge < -0.3 is 9.32 Å². The van der Waals surface area contributed by atoms with E-state index in [9.17, 15) is 0 Å². The first-order chi connectivity index (χ1) is 24.8. The maximum absolute atomic E-state index is 6.88. The second-order valence-electron chi connectivity index (χ2n) is 12.8. The van der Waals surface area contributed by atoms with Gasteiger partial charge in [0.25, 0.3) is 0 Å². The molecule has 0 atom stereocenters. The summed E-state index contributed by atoms with van der Waals surface area (Å²) in [5.41, 5.74) is 9.68. The Morgan fingerprint density at radius 2 is 0.880 bits per heavy atom. The fourth-order valence-electron chi connectivity index (χ4n) is 7.84. The van der Waals surface area contributed by atoms with Crippen molar-refractivity contribution in [2.45, 2.75) is 0 Å². The SMILES string of the molecule is c1ccc(-c2cccc3cccc(-c4ccccc4N(c4cccc5ccccc45)c4cccc5c4oc4ccc6ccccc6c45)c23)cc1. The third-order valence-corrected chi connectivity index (χ3v) is 10.0. The number of rotatable bonds is 5. The Morgan fingerprint density at radius 1 is 0.320 bits per heavy atom. The van der Waals surface area contributed by atoms with E-state index < -0.39 is 0 Å². The summed E-state index contributed by atoms with van der Waals surface area (Å²) >= 11 is 0. The summed E-state index contributed by atoms with van der Waals surface area (Å²) in [5, 5.41) is 9.46. The van der Waals surface area contributed by atoms with Gasteiger partial charge in [0, 0.05) is 21.7 Å². The quantitative estimate of drug-likeness (QED) is 0.187. The molecule has 10 aromatic rings. The number of benzene rings is 9. The molecule has 2 nitrogen and oxygen atoms in total. The number of nitrogens with zero attached hydrogens (tertiary/aromatic N) is 1. The van der Waals surface area contributed by atoms with Gasteiger partial charge in [-0.2, -0.15) is 0 Å². The lowest BCUT2D eigenvalue weighted by Crippen LogP contribution is -2.12. The molecule has 0 spiro atoms. The molecule has 9 aromatic carbocycles. The molecule has 10 rings (SSSR count). The Morgan fingerprint density at radius 3 is 1.74 bits per heavy atom. The monoisotopic (exact) mass is 637 g/mol. The van der Waals surface area contributed by atoms with Crippen molar-refractivity contribution in [3.63, 3.8) is 0 Å². The standard InChI is InChI=1S/C48H31NO/c1-2-14-33(15-3-1)37-24-10-19-35-20-11-25-40(46(35)37)39-23-8-9-27-43(39)49(42-28-12-18-32-16-4-6-21-36(32)42)44-29-13-26-41-47-38-22-7-5-17-34(38)30-31-45(47)50-48(41)44/h1-31H. The van der Waals surface area contributed by atoms with Crippen molar-refractivity contribution in [2.75, 3.05) is 4.90 Å². The smallest absolute Gasteiger partial charge is 0.159 e. The van der Waals surface area contributed by atoms with Crippen LogP contribution in [0.1, 0.15) is 0 Å². The number of furan rings is 1. The van der Waals surface area contributed by atoms with Gasteiger partial charge in [0.05, 0.1) is 17.1 Å². The van der Waals surface area contributed by atoms with Crippen LogP contribution in [-0.2, 0) is 0 Å². The van der Waals surface area contributed by atoms with Gasteiger partial charge in [-0.15, -0.1) is 0 Å². The van der Waals surface area contributed by atoms with E-state index in [2.05, 4.69) is 193 Å².